The minimum atomic E-state index is 0. The summed E-state index contributed by atoms with van der Waals surface area (Å²) in [7, 11) is 1.84. The number of guanidine groups is 1. The molecule has 8 nitrogen and oxygen atoms in total. The van der Waals surface area contributed by atoms with Crippen molar-refractivity contribution in [1.29, 1.82) is 0 Å². The van der Waals surface area contributed by atoms with Gasteiger partial charge in [-0.3, -0.25) is 9.39 Å². The van der Waals surface area contributed by atoms with E-state index in [1.54, 1.807) is 0 Å². The van der Waals surface area contributed by atoms with Crippen molar-refractivity contribution in [3.63, 3.8) is 0 Å². The number of halogens is 1. The second kappa shape index (κ2) is 11.1. The first kappa shape index (κ1) is 22.2. The lowest BCUT2D eigenvalue weighted by molar-refractivity contribution is -0.0367. The number of piperidine rings is 1. The lowest BCUT2D eigenvalue weighted by Crippen LogP contribution is -2.47. The van der Waals surface area contributed by atoms with Gasteiger partial charge in [-0.25, -0.2) is 0 Å². The van der Waals surface area contributed by atoms with Crippen molar-refractivity contribution in [2.24, 2.45) is 4.99 Å². The van der Waals surface area contributed by atoms with Crippen LogP contribution >= 0.6 is 24.0 Å². The average molecular weight is 514 g/mol. The maximum Gasteiger partial charge on any atom is 0.193 e. The van der Waals surface area contributed by atoms with Gasteiger partial charge in [0.2, 0.25) is 0 Å². The average Bonchev–Trinajstić information content (AvgIpc) is 3.40. The zero-order valence-corrected chi connectivity index (χ0v) is 19.3. The van der Waals surface area contributed by atoms with Crippen molar-refractivity contribution < 1.29 is 9.47 Å². The van der Waals surface area contributed by atoms with E-state index >= 15 is 0 Å². The van der Waals surface area contributed by atoms with Crippen molar-refractivity contribution in [2.75, 3.05) is 39.9 Å². The fourth-order valence-electron chi connectivity index (χ4n) is 3.93. The Morgan fingerprint density at radius 1 is 1.28 bits per heavy atom. The normalized spacial score (nSPS) is 20.8. The highest BCUT2D eigenvalue weighted by molar-refractivity contribution is 14.0. The van der Waals surface area contributed by atoms with Crippen LogP contribution in [0.3, 0.4) is 0 Å². The summed E-state index contributed by atoms with van der Waals surface area (Å²) < 4.78 is 13.7. The van der Waals surface area contributed by atoms with Gasteiger partial charge in [-0.05, 0) is 37.8 Å². The number of nitrogens with zero attached hydrogens (tertiary/aromatic N) is 5. The Bertz CT molecular complexity index is 784. The molecule has 0 aliphatic carbocycles. The highest BCUT2D eigenvalue weighted by atomic mass is 127. The molecule has 1 atom stereocenters. The van der Waals surface area contributed by atoms with Crippen LogP contribution in [-0.2, 0) is 15.9 Å². The number of fused-ring (bicyclic) bond motifs is 1. The summed E-state index contributed by atoms with van der Waals surface area (Å²) in [5.74, 6) is 1.91. The largest absolute Gasteiger partial charge is 0.376 e. The predicted molar refractivity (Wildman–Crippen MR) is 123 cm³/mol. The van der Waals surface area contributed by atoms with Crippen LogP contribution in [0.2, 0.25) is 0 Å². The smallest absolute Gasteiger partial charge is 0.193 e. The van der Waals surface area contributed by atoms with E-state index < -0.39 is 0 Å². The van der Waals surface area contributed by atoms with Crippen molar-refractivity contribution >= 4 is 35.6 Å². The van der Waals surface area contributed by atoms with Crippen molar-refractivity contribution in [2.45, 2.75) is 44.3 Å². The first-order chi connectivity index (χ1) is 13.8. The number of hydrogen-bond acceptors (Lipinski definition) is 5. The fraction of sp³-hybridized carbons (Fsp3) is 0.650. The highest BCUT2D eigenvalue weighted by Crippen LogP contribution is 2.17. The van der Waals surface area contributed by atoms with E-state index in [4.69, 9.17) is 9.47 Å². The van der Waals surface area contributed by atoms with Crippen LogP contribution in [0.25, 0.3) is 5.65 Å². The van der Waals surface area contributed by atoms with Crippen LogP contribution in [-0.4, -0.2) is 77.6 Å². The van der Waals surface area contributed by atoms with E-state index in [-0.39, 0.29) is 24.0 Å². The van der Waals surface area contributed by atoms with Crippen LogP contribution in [0.1, 0.15) is 31.5 Å². The predicted octanol–water partition coefficient (Wildman–Crippen LogP) is 2.13. The van der Waals surface area contributed by atoms with Crippen molar-refractivity contribution in [3.8, 4) is 0 Å². The van der Waals surface area contributed by atoms with Gasteiger partial charge in [0, 0.05) is 45.9 Å². The third-order valence-corrected chi connectivity index (χ3v) is 5.51. The molecule has 4 rings (SSSR count). The molecule has 0 radical (unpaired) electrons. The molecule has 2 aliphatic rings. The van der Waals surface area contributed by atoms with Crippen molar-refractivity contribution in [1.82, 2.24) is 24.8 Å². The number of hydrogen-bond donors (Lipinski definition) is 1. The molecule has 0 aromatic carbocycles. The minimum Gasteiger partial charge on any atom is -0.376 e. The molecule has 0 bridgehead atoms. The van der Waals surface area contributed by atoms with E-state index in [0.29, 0.717) is 12.2 Å². The molecule has 2 fully saturated rings. The molecule has 9 heteroatoms. The summed E-state index contributed by atoms with van der Waals surface area (Å²) in [6, 6.07) is 5.94. The Labute approximate surface area is 189 Å². The van der Waals surface area contributed by atoms with E-state index in [2.05, 4.69) is 25.4 Å². The number of aliphatic imine (C=N–C) groups is 1. The second-order valence-corrected chi connectivity index (χ2v) is 7.42. The van der Waals surface area contributed by atoms with E-state index in [1.807, 2.05) is 35.8 Å². The summed E-state index contributed by atoms with van der Waals surface area (Å²) in [5.41, 5.74) is 0.881. The molecule has 2 aliphatic heterocycles. The third-order valence-electron chi connectivity index (χ3n) is 5.51. The van der Waals surface area contributed by atoms with Gasteiger partial charge in [0.05, 0.1) is 18.8 Å². The standard InChI is InChI=1S/C20H30N6O2.HI/c1-21-20(22-10-7-19-24-23-18-6-2-3-11-26(18)19)25-12-8-16(9-13-25)28-15-17-5-4-14-27-17;/h2-3,6,11,16-17H,4-5,7-10,12-15H2,1H3,(H,21,22);1H. The number of likely N-dealkylation sites (tertiary alicyclic amines) is 1. The van der Waals surface area contributed by atoms with Gasteiger partial charge in [-0.1, -0.05) is 6.07 Å². The van der Waals surface area contributed by atoms with E-state index in [1.165, 1.54) is 6.42 Å². The maximum absolute atomic E-state index is 6.07. The van der Waals surface area contributed by atoms with E-state index in [9.17, 15) is 0 Å². The quantitative estimate of drug-likeness (QED) is 0.362. The topological polar surface area (TPSA) is 76.3 Å². The summed E-state index contributed by atoms with van der Waals surface area (Å²) in [6.07, 6.45) is 7.80. The molecular formula is C20H31IN6O2. The van der Waals surface area contributed by atoms with Gasteiger partial charge in [0.15, 0.2) is 11.6 Å². The molecular weight excluding hydrogens is 483 g/mol. The Morgan fingerprint density at radius 2 is 2.14 bits per heavy atom. The highest BCUT2D eigenvalue weighted by Gasteiger charge is 2.24. The van der Waals surface area contributed by atoms with Gasteiger partial charge in [0.1, 0.15) is 5.82 Å². The van der Waals surface area contributed by atoms with Crippen LogP contribution < -0.4 is 5.32 Å². The third kappa shape index (κ3) is 5.79. The molecule has 4 heterocycles. The van der Waals surface area contributed by atoms with Gasteiger partial charge >= 0.3 is 0 Å². The number of rotatable bonds is 6. The molecule has 2 aromatic heterocycles. The molecule has 1 N–H and O–H groups in total. The molecule has 0 saturated carbocycles. The first-order valence-corrected chi connectivity index (χ1v) is 10.3. The zero-order chi connectivity index (χ0) is 19.2. The fourth-order valence-corrected chi connectivity index (χ4v) is 3.93. The molecule has 2 saturated heterocycles. The molecule has 160 valence electrons. The summed E-state index contributed by atoms with van der Waals surface area (Å²) in [5, 5.41) is 12.0. The lowest BCUT2D eigenvalue weighted by atomic mass is 10.1. The number of pyridine rings is 1. The van der Waals surface area contributed by atoms with Gasteiger partial charge in [0.25, 0.3) is 0 Å². The minimum absolute atomic E-state index is 0. The molecule has 29 heavy (non-hydrogen) atoms. The lowest BCUT2D eigenvalue weighted by Gasteiger charge is -2.34. The Balaban J connectivity index is 0.00000240. The number of nitrogens with one attached hydrogen (secondary N) is 1. The second-order valence-electron chi connectivity index (χ2n) is 7.42. The van der Waals surface area contributed by atoms with E-state index in [0.717, 1.165) is 76.0 Å². The molecule has 1 unspecified atom stereocenters. The molecule has 0 amide bonds. The maximum atomic E-state index is 6.07. The Morgan fingerprint density at radius 3 is 2.90 bits per heavy atom. The summed E-state index contributed by atoms with van der Waals surface area (Å²) >= 11 is 0. The first-order valence-electron chi connectivity index (χ1n) is 10.3. The van der Waals surface area contributed by atoms with Crippen LogP contribution in [0, 0.1) is 0 Å². The Hall–Kier alpha value is -1.46. The number of aromatic nitrogens is 3. The van der Waals surface area contributed by atoms with Crippen LogP contribution in [0.5, 0.6) is 0 Å². The monoisotopic (exact) mass is 514 g/mol. The van der Waals surface area contributed by atoms with Crippen molar-refractivity contribution in [3.05, 3.63) is 30.2 Å². The molecule has 0 spiro atoms. The van der Waals surface area contributed by atoms with Gasteiger partial charge in [-0.15, -0.1) is 34.2 Å². The Kier molecular flexibility index (Phi) is 8.49. The summed E-state index contributed by atoms with van der Waals surface area (Å²) in [4.78, 5) is 6.77. The SMILES string of the molecule is CN=C(NCCc1nnc2ccccn12)N1CCC(OCC2CCCO2)CC1.I. The van der Waals surface area contributed by atoms with Gasteiger partial charge in [-0.2, -0.15) is 0 Å². The molecule has 2 aromatic rings. The van der Waals surface area contributed by atoms with Gasteiger partial charge < -0.3 is 19.7 Å². The number of ether oxygens (including phenoxy) is 2. The van der Waals surface area contributed by atoms with Crippen LogP contribution in [0.4, 0.5) is 0 Å². The van der Waals surface area contributed by atoms with Crippen LogP contribution in [0.15, 0.2) is 29.4 Å². The zero-order valence-electron chi connectivity index (χ0n) is 17.0. The summed E-state index contributed by atoms with van der Waals surface area (Å²) in [6.45, 7) is 4.33.